The molecule has 4 nitrogen and oxygen atoms in total. The molecule has 3 unspecified atom stereocenters. The summed E-state index contributed by atoms with van der Waals surface area (Å²) in [6.07, 6.45) is -5.97. The zero-order valence-corrected chi connectivity index (χ0v) is 19.4. The third-order valence-corrected chi connectivity index (χ3v) is 7.51. The molecule has 10 heteroatoms. The number of hydrogen-bond donors (Lipinski definition) is 2. The summed E-state index contributed by atoms with van der Waals surface area (Å²) in [6.45, 7) is 5.20. The van der Waals surface area contributed by atoms with Gasteiger partial charge in [-0.1, -0.05) is 13.8 Å². The molecule has 1 aromatic carbocycles. The van der Waals surface area contributed by atoms with Crippen molar-refractivity contribution < 1.29 is 36.2 Å². The van der Waals surface area contributed by atoms with Gasteiger partial charge in [-0.2, -0.15) is 26.3 Å². The highest BCUT2D eigenvalue weighted by Crippen LogP contribution is 2.47. The van der Waals surface area contributed by atoms with Gasteiger partial charge in [-0.25, -0.2) is 0 Å². The second-order valence-corrected chi connectivity index (χ2v) is 9.99. The molecule has 2 N–H and O–H groups in total. The number of alkyl halides is 6. The molecule has 1 aliphatic heterocycles. The third-order valence-electron chi connectivity index (χ3n) is 7.51. The fourth-order valence-electron chi connectivity index (χ4n) is 5.41. The number of hydrogen-bond acceptors (Lipinski definition) is 3. The summed E-state index contributed by atoms with van der Waals surface area (Å²) in [5.74, 6) is -0.185. The van der Waals surface area contributed by atoms with E-state index in [1.165, 1.54) is 0 Å². The first-order valence-corrected chi connectivity index (χ1v) is 11.7. The minimum Gasteiger partial charge on any atom is -0.396 e. The summed E-state index contributed by atoms with van der Waals surface area (Å²) in [6, 6.07) is 1.55. The second kappa shape index (κ2) is 10.0. The molecule has 0 bridgehead atoms. The van der Waals surface area contributed by atoms with E-state index in [-0.39, 0.29) is 42.0 Å². The maximum Gasteiger partial charge on any atom is 0.416 e. The molecule has 0 spiro atoms. The predicted molar refractivity (Wildman–Crippen MR) is 115 cm³/mol. The van der Waals surface area contributed by atoms with E-state index in [9.17, 15) is 36.2 Å². The summed E-state index contributed by atoms with van der Waals surface area (Å²) in [4.78, 5) is 15.6. The number of benzene rings is 1. The first-order chi connectivity index (χ1) is 15.8. The lowest BCUT2D eigenvalue weighted by molar-refractivity contribution is -0.143. The van der Waals surface area contributed by atoms with Gasteiger partial charge >= 0.3 is 12.4 Å². The van der Waals surface area contributed by atoms with Crippen LogP contribution < -0.4 is 5.32 Å². The van der Waals surface area contributed by atoms with Crippen molar-refractivity contribution in [1.29, 1.82) is 0 Å². The Balaban J connectivity index is 1.75. The molecule has 34 heavy (non-hydrogen) atoms. The lowest BCUT2D eigenvalue weighted by atomic mass is 9.74. The number of likely N-dealkylation sites (tertiary alicyclic amines) is 1. The molecule has 1 saturated carbocycles. The Labute approximate surface area is 195 Å². The Morgan fingerprint density at radius 1 is 1.12 bits per heavy atom. The summed E-state index contributed by atoms with van der Waals surface area (Å²) < 4.78 is 78.9. The number of piperidine rings is 1. The van der Waals surface area contributed by atoms with Crippen molar-refractivity contribution >= 4 is 5.91 Å². The standard InChI is InChI=1S/C24H32F6N2O2/c1-15(2)22(6-5-20(11-22)32-7-3-4-16(13-32)14-33)21(34)31-12-17-8-18(23(25,26)27)10-19(9-17)24(28,29)30/h8-10,15-16,20,33H,3-7,11-14H2,1-2H3,(H,31,34). The van der Waals surface area contributed by atoms with Crippen molar-refractivity contribution in [3.8, 4) is 0 Å². The Morgan fingerprint density at radius 2 is 1.74 bits per heavy atom. The zero-order valence-electron chi connectivity index (χ0n) is 19.4. The Kier molecular flexibility index (Phi) is 7.92. The zero-order chi connectivity index (χ0) is 25.3. The van der Waals surface area contributed by atoms with Gasteiger partial charge in [-0.3, -0.25) is 9.69 Å². The largest absolute Gasteiger partial charge is 0.416 e. The third kappa shape index (κ3) is 5.87. The van der Waals surface area contributed by atoms with Crippen molar-refractivity contribution in [2.75, 3.05) is 19.7 Å². The van der Waals surface area contributed by atoms with Crippen molar-refractivity contribution in [1.82, 2.24) is 10.2 Å². The summed E-state index contributed by atoms with van der Waals surface area (Å²) in [7, 11) is 0. The molecule has 3 rings (SSSR count). The van der Waals surface area contributed by atoms with E-state index in [2.05, 4.69) is 10.2 Å². The van der Waals surface area contributed by atoms with Crippen LogP contribution in [0.3, 0.4) is 0 Å². The number of nitrogens with one attached hydrogen (secondary N) is 1. The fourth-order valence-corrected chi connectivity index (χ4v) is 5.41. The minimum atomic E-state index is -4.93. The highest BCUT2D eigenvalue weighted by atomic mass is 19.4. The number of carbonyl (C=O) groups is 1. The SMILES string of the molecule is CC(C)C1(C(=O)NCc2cc(C(F)(F)F)cc(C(F)(F)F)c2)CCC(N2CCCC(CO)C2)C1. The Bertz CT molecular complexity index is 838. The van der Waals surface area contributed by atoms with Gasteiger partial charge in [0.15, 0.2) is 0 Å². The molecule has 192 valence electrons. The van der Waals surface area contributed by atoms with Gasteiger partial charge in [-0.05, 0) is 74.2 Å². The van der Waals surface area contributed by atoms with Crippen LogP contribution in [-0.2, 0) is 23.7 Å². The van der Waals surface area contributed by atoms with E-state index < -0.39 is 35.4 Å². The fraction of sp³-hybridized carbons (Fsp3) is 0.708. The number of rotatable bonds is 6. The van der Waals surface area contributed by atoms with Crippen molar-refractivity contribution in [3.63, 3.8) is 0 Å². The van der Waals surface area contributed by atoms with E-state index in [1.54, 1.807) is 0 Å². The highest BCUT2D eigenvalue weighted by molar-refractivity contribution is 5.83. The van der Waals surface area contributed by atoms with E-state index >= 15 is 0 Å². The van der Waals surface area contributed by atoms with Crippen LogP contribution in [0.25, 0.3) is 0 Å². The maximum atomic E-state index is 13.3. The lowest BCUT2D eigenvalue weighted by Crippen LogP contribution is -2.46. The lowest BCUT2D eigenvalue weighted by Gasteiger charge is -2.38. The van der Waals surface area contributed by atoms with Crippen LogP contribution in [0.15, 0.2) is 18.2 Å². The van der Waals surface area contributed by atoms with Crippen molar-refractivity contribution in [2.24, 2.45) is 17.3 Å². The topological polar surface area (TPSA) is 52.6 Å². The number of halogens is 6. The van der Waals surface area contributed by atoms with Gasteiger partial charge in [-0.15, -0.1) is 0 Å². The van der Waals surface area contributed by atoms with Crippen LogP contribution >= 0.6 is 0 Å². The number of carbonyl (C=O) groups excluding carboxylic acids is 1. The molecule has 1 aromatic rings. The van der Waals surface area contributed by atoms with Crippen LogP contribution in [0.2, 0.25) is 0 Å². The van der Waals surface area contributed by atoms with Gasteiger partial charge < -0.3 is 10.4 Å². The molecule has 0 radical (unpaired) electrons. The first kappa shape index (κ1) is 26.8. The van der Waals surface area contributed by atoms with E-state index in [1.807, 2.05) is 13.8 Å². The average molecular weight is 495 g/mol. The van der Waals surface area contributed by atoms with E-state index in [4.69, 9.17) is 0 Å². The normalized spacial score (nSPS) is 26.8. The summed E-state index contributed by atoms with van der Waals surface area (Å²) in [5.41, 5.74) is -3.78. The Hall–Kier alpha value is -1.81. The first-order valence-electron chi connectivity index (χ1n) is 11.7. The van der Waals surface area contributed by atoms with Gasteiger partial charge in [0.25, 0.3) is 0 Å². The average Bonchev–Trinajstić information content (AvgIpc) is 3.23. The van der Waals surface area contributed by atoms with Crippen LogP contribution in [0.4, 0.5) is 26.3 Å². The molecule has 1 amide bonds. The van der Waals surface area contributed by atoms with Crippen molar-refractivity contribution in [2.45, 2.75) is 70.9 Å². The van der Waals surface area contributed by atoms with Gasteiger partial charge in [0.2, 0.25) is 5.91 Å². The highest BCUT2D eigenvalue weighted by Gasteiger charge is 2.49. The molecular formula is C24H32F6N2O2. The minimum absolute atomic E-state index is 0.0526. The molecule has 2 aliphatic rings. The summed E-state index contributed by atoms with van der Waals surface area (Å²) in [5, 5.41) is 12.1. The van der Waals surface area contributed by atoms with Gasteiger partial charge in [0.1, 0.15) is 0 Å². The monoisotopic (exact) mass is 494 g/mol. The Morgan fingerprint density at radius 3 is 2.26 bits per heavy atom. The number of aliphatic hydroxyl groups excluding tert-OH is 1. The molecule has 0 aromatic heterocycles. The predicted octanol–water partition coefficient (Wildman–Crippen LogP) is 5.24. The molecule has 1 heterocycles. The van der Waals surface area contributed by atoms with Crippen LogP contribution in [-0.4, -0.2) is 41.7 Å². The molecule has 3 atom stereocenters. The number of nitrogens with zero attached hydrogens (tertiary/aromatic N) is 1. The molecule has 1 aliphatic carbocycles. The molecule has 1 saturated heterocycles. The number of amides is 1. The van der Waals surface area contributed by atoms with Crippen molar-refractivity contribution in [3.05, 3.63) is 34.9 Å². The maximum absolute atomic E-state index is 13.3. The molecular weight excluding hydrogens is 462 g/mol. The summed E-state index contributed by atoms with van der Waals surface area (Å²) >= 11 is 0. The van der Waals surface area contributed by atoms with Crippen LogP contribution in [0, 0.1) is 17.3 Å². The van der Waals surface area contributed by atoms with Crippen LogP contribution in [0.5, 0.6) is 0 Å². The molecule has 2 fully saturated rings. The van der Waals surface area contributed by atoms with E-state index in [0.717, 1.165) is 32.4 Å². The second-order valence-electron chi connectivity index (χ2n) is 9.99. The van der Waals surface area contributed by atoms with Crippen LogP contribution in [0.1, 0.15) is 62.6 Å². The van der Waals surface area contributed by atoms with Gasteiger partial charge in [0.05, 0.1) is 16.5 Å². The smallest absolute Gasteiger partial charge is 0.396 e. The van der Waals surface area contributed by atoms with E-state index in [0.29, 0.717) is 25.0 Å². The van der Waals surface area contributed by atoms with Gasteiger partial charge in [0, 0.05) is 25.7 Å². The number of aliphatic hydroxyl groups is 1. The quantitative estimate of drug-likeness (QED) is 0.532.